The van der Waals surface area contributed by atoms with E-state index in [1.54, 1.807) is 12.3 Å². The second kappa shape index (κ2) is 8.34. The summed E-state index contributed by atoms with van der Waals surface area (Å²) in [6, 6.07) is 13.4. The fourth-order valence-corrected chi connectivity index (χ4v) is 3.55. The van der Waals surface area contributed by atoms with Gasteiger partial charge in [0.2, 0.25) is 0 Å². The number of hydrogen-bond acceptors (Lipinski definition) is 3. The summed E-state index contributed by atoms with van der Waals surface area (Å²) >= 11 is 6.42. The van der Waals surface area contributed by atoms with Crippen molar-refractivity contribution in [3.63, 3.8) is 0 Å². The summed E-state index contributed by atoms with van der Waals surface area (Å²) in [5.41, 5.74) is 2.37. The lowest BCUT2D eigenvalue weighted by Gasteiger charge is -2.31. The van der Waals surface area contributed by atoms with E-state index >= 15 is 0 Å². The third-order valence-corrected chi connectivity index (χ3v) is 5.04. The minimum absolute atomic E-state index is 0.0172. The molecule has 1 aromatic heterocycles. The van der Waals surface area contributed by atoms with Gasteiger partial charge in [-0.05, 0) is 30.8 Å². The van der Waals surface area contributed by atoms with Gasteiger partial charge in [0.05, 0.1) is 23.3 Å². The first-order valence-corrected chi connectivity index (χ1v) is 9.22. The Morgan fingerprint density at radius 2 is 1.96 bits per heavy atom. The monoisotopic (exact) mass is 370 g/mol. The van der Waals surface area contributed by atoms with E-state index in [1.165, 1.54) is 0 Å². The Morgan fingerprint density at radius 3 is 2.69 bits per heavy atom. The SMILES string of the molecule is CCN(CC)C(CNC(=O)c1cccc2cn[nH]c12)c1ccccc1Cl. The smallest absolute Gasteiger partial charge is 0.253 e. The van der Waals surface area contributed by atoms with Gasteiger partial charge in [-0.3, -0.25) is 14.8 Å². The molecule has 5 nitrogen and oxygen atoms in total. The Bertz CT molecular complexity index is 888. The van der Waals surface area contributed by atoms with Crippen molar-refractivity contribution in [1.29, 1.82) is 0 Å². The Kier molecular flexibility index (Phi) is 5.91. The first-order chi connectivity index (χ1) is 12.7. The molecule has 3 rings (SSSR count). The number of likely N-dealkylation sites (N-methyl/N-ethyl adjacent to an activating group) is 1. The van der Waals surface area contributed by atoms with Crippen molar-refractivity contribution < 1.29 is 4.79 Å². The van der Waals surface area contributed by atoms with Crippen LogP contribution in [-0.4, -0.2) is 40.6 Å². The number of aromatic nitrogens is 2. The molecule has 3 aromatic rings. The number of carbonyl (C=O) groups is 1. The number of benzene rings is 2. The van der Waals surface area contributed by atoms with Crippen molar-refractivity contribution in [2.24, 2.45) is 0 Å². The topological polar surface area (TPSA) is 61.0 Å². The van der Waals surface area contributed by atoms with Gasteiger partial charge in [-0.1, -0.05) is 55.8 Å². The minimum atomic E-state index is -0.121. The van der Waals surface area contributed by atoms with Gasteiger partial charge >= 0.3 is 0 Å². The van der Waals surface area contributed by atoms with Crippen LogP contribution in [0, 0.1) is 0 Å². The van der Waals surface area contributed by atoms with Crippen molar-refractivity contribution in [2.45, 2.75) is 19.9 Å². The summed E-state index contributed by atoms with van der Waals surface area (Å²) in [5.74, 6) is -0.121. The number of H-pyrrole nitrogens is 1. The summed E-state index contributed by atoms with van der Waals surface area (Å²) in [6.45, 7) is 6.45. The number of rotatable bonds is 7. The van der Waals surface area contributed by atoms with E-state index in [0.717, 1.165) is 29.6 Å². The zero-order valence-corrected chi connectivity index (χ0v) is 15.8. The van der Waals surface area contributed by atoms with Crippen LogP contribution >= 0.6 is 11.6 Å². The van der Waals surface area contributed by atoms with Gasteiger partial charge in [-0.25, -0.2) is 0 Å². The predicted octanol–water partition coefficient (Wildman–Crippen LogP) is 4.03. The van der Waals surface area contributed by atoms with Gasteiger partial charge in [-0.2, -0.15) is 5.10 Å². The molecule has 0 fully saturated rings. The molecule has 0 aliphatic rings. The van der Waals surface area contributed by atoms with Crippen molar-refractivity contribution in [3.8, 4) is 0 Å². The molecule has 2 aromatic carbocycles. The van der Waals surface area contributed by atoms with Crippen LogP contribution in [-0.2, 0) is 0 Å². The van der Waals surface area contributed by atoms with Crippen molar-refractivity contribution in [1.82, 2.24) is 20.4 Å². The van der Waals surface area contributed by atoms with Crippen molar-refractivity contribution in [3.05, 3.63) is 64.8 Å². The zero-order valence-electron chi connectivity index (χ0n) is 15.0. The Hall–Kier alpha value is -2.37. The number of nitrogens with one attached hydrogen (secondary N) is 2. The first-order valence-electron chi connectivity index (χ1n) is 8.84. The van der Waals surface area contributed by atoms with Crippen LogP contribution in [0.1, 0.15) is 35.8 Å². The van der Waals surface area contributed by atoms with Crippen LogP contribution < -0.4 is 5.32 Å². The van der Waals surface area contributed by atoms with Gasteiger partial charge in [0, 0.05) is 17.0 Å². The molecule has 136 valence electrons. The summed E-state index contributed by atoms with van der Waals surface area (Å²) in [7, 11) is 0. The lowest BCUT2D eigenvalue weighted by Crippen LogP contribution is -2.38. The second-order valence-electron chi connectivity index (χ2n) is 6.11. The van der Waals surface area contributed by atoms with E-state index in [2.05, 4.69) is 34.3 Å². The molecule has 0 radical (unpaired) electrons. The number of para-hydroxylation sites is 1. The van der Waals surface area contributed by atoms with Crippen molar-refractivity contribution >= 4 is 28.4 Å². The highest BCUT2D eigenvalue weighted by atomic mass is 35.5. The quantitative estimate of drug-likeness (QED) is 0.660. The molecule has 0 spiro atoms. The van der Waals surface area contributed by atoms with Gasteiger partial charge in [0.1, 0.15) is 0 Å². The number of fused-ring (bicyclic) bond motifs is 1. The molecule has 0 bridgehead atoms. The maximum atomic E-state index is 12.8. The molecule has 0 aliphatic heterocycles. The first kappa shape index (κ1) is 18.4. The average Bonchev–Trinajstić information content (AvgIpc) is 3.14. The average molecular weight is 371 g/mol. The third-order valence-electron chi connectivity index (χ3n) is 4.69. The largest absolute Gasteiger partial charge is 0.350 e. The molecule has 2 N–H and O–H groups in total. The molecule has 1 heterocycles. The Labute approximate surface area is 158 Å². The van der Waals surface area contributed by atoms with E-state index < -0.39 is 0 Å². The Balaban J connectivity index is 1.82. The molecule has 0 saturated carbocycles. The number of carbonyl (C=O) groups excluding carboxylic acids is 1. The second-order valence-corrected chi connectivity index (χ2v) is 6.52. The van der Waals surface area contributed by atoms with Gasteiger partial charge < -0.3 is 5.32 Å². The highest BCUT2D eigenvalue weighted by molar-refractivity contribution is 6.31. The fraction of sp³-hybridized carbons (Fsp3) is 0.300. The maximum Gasteiger partial charge on any atom is 0.253 e. The molecule has 0 saturated heterocycles. The molecule has 1 atom stereocenters. The zero-order chi connectivity index (χ0) is 18.5. The molecular weight excluding hydrogens is 348 g/mol. The number of nitrogens with zero attached hydrogens (tertiary/aromatic N) is 2. The summed E-state index contributed by atoms with van der Waals surface area (Å²) in [4.78, 5) is 15.1. The normalized spacial score (nSPS) is 12.5. The van der Waals surface area contributed by atoms with Crippen LogP contribution in [0.3, 0.4) is 0 Å². The number of amides is 1. The van der Waals surface area contributed by atoms with E-state index in [-0.39, 0.29) is 11.9 Å². The van der Waals surface area contributed by atoms with E-state index in [0.29, 0.717) is 17.1 Å². The van der Waals surface area contributed by atoms with E-state index in [4.69, 9.17) is 11.6 Å². The molecule has 1 unspecified atom stereocenters. The molecule has 26 heavy (non-hydrogen) atoms. The molecule has 0 aliphatic carbocycles. The fourth-order valence-electron chi connectivity index (χ4n) is 3.29. The van der Waals surface area contributed by atoms with Crippen LogP contribution in [0.4, 0.5) is 0 Å². The van der Waals surface area contributed by atoms with Crippen LogP contribution in [0.15, 0.2) is 48.7 Å². The lowest BCUT2D eigenvalue weighted by molar-refractivity contribution is 0.0936. The van der Waals surface area contributed by atoms with Crippen LogP contribution in [0.2, 0.25) is 5.02 Å². The van der Waals surface area contributed by atoms with Crippen LogP contribution in [0.25, 0.3) is 10.9 Å². The standard InChI is InChI=1S/C20H23ClN4O/c1-3-25(4-2)18(15-9-5-6-11-17(15)21)13-22-20(26)16-10-7-8-14-12-23-24-19(14)16/h5-12,18H,3-4,13H2,1-2H3,(H,22,26)(H,23,24). The van der Waals surface area contributed by atoms with Crippen LogP contribution in [0.5, 0.6) is 0 Å². The minimum Gasteiger partial charge on any atom is -0.350 e. The molecule has 6 heteroatoms. The van der Waals surface area contributed by atoms with E-state index in [9.17, 15) is 4.79 Å². The maximum absolute atomic E-state index is 12.8. The number of hydrogen-bond donors (Lipinski definition) is 2. The highest BCUT2D eigenvalue weighted by Crippen LogP contribution is 2.27. The Morgan fingerprint density at radius 1 is 1.19 bits per heavy atom. The summed E-state index contributed by atoms with van der Waals surface area (Å²) in [5, 5.41) is 11.6. The lowest BCUT2D eigenvalue weighted by atomic mass is 10.0. The number of aromatic amines is 1. The molecular formula is C20H23ClN4O. The number of halogens is 1. The van der Waals surface area contributed by atoms with Gasteiger partial charge in [-0.15, -0.1) is 0 Å². The van der Waals surface area contributed by atoms with E-state index in [1.807, 2.05) is 36.4 Å². The third kappa shape index (κ3) is 3.74. The highest BCUT2D eigenvalue weighted by Gasteiger charge is 2.22. The summed E-state index contributed by atoms with van der Waals surface area (Å²) < 4.78 is 0. The van der Waals surface area contributed by atoms with Gasteiger partial charge in [0.15, 0.2) is 0 Å². The molecule has 1 amide bonds. The van der Waals surface area contributed by atoms with Gasteiger partial charge in [0.25, 0.3) is 5.91 Å². The van der Waals surface area contributed by atoms with Crippen molar-refractivity contribution in [2.75, 3.05) is 19.6 Å². The predicted molar refractivity (Wildman–Crippen MR) is 106 cm³/mol. The summed E-state index contributed by atoms with van der Waals surface area (Å²) in [6.07, 6.45) is 1.72.